The van der Waals surface area contributed by atoms with E-state index in [1.165, 1.54) is 18.2 Å². The number of halogens is 4. The van der Waals surface area contributed by atoms with Crippen LogP contribution in [0.4, 0.5) is 14.5 Å². The van der Waals surface area contributed by atoms with Crippen molar-refractivity contribution in [3.05, 3.63) is 57.0 Å². The second-order valence-corrected chi connectivity index (χ2v) is 5.15. The van der Waals surface area contributed by atoms with E-state index in [1.54, 1.807) is 0 Å². The number of phenolic OH excluding ortho intramolecular Hbond substituents is 1. The summed E-state index contributed by atoms with van der Waals surface area (Å²) >= 11 is 8.61. The highest BCUT2D eigenvalue weighted by Crippen LogP contribution is 2.26. The Morgan fingerprint density at radius 3 is 2.60 bits per heavy atom. The molecule has 0 saturated heterocycles. The summed E-state index contributed by atoms with van der Waals surface area (Å²) in [6.07, 6.45) is 0. The molecule has 0 aliphatic carbocycles. The Bertz CT molecular complexity index is 694. The normalized spacial score (nSPS) is 10.4. The fourth-order valence-electron chi connectivity index (χ4n) is 1.50. The number of carbonyl (C=O) groups excluding carboxylic acids is 1. The van der Waals surface area contributed by atoms with Crippen molar-refractivity contribution in [3.8, 4) is 5.75 Å². The first-order valence-electron chi connectivity index (χ1n) is 5.33. The highest BCUT2D eigenvalue weighted by molar-refractivity contribution is 9.10. The molecule has 1 amide bonds. The van der Waals surface area contributed by atoms with Crippen LogP contribution < -0.4 is 5.32 Å². The van der Waals surface area contributed by atoms with E-state index < -0.39 is 17.5 Å². The van der Waals surface area contributed by atoms with Crippen molar-refractivity contribution in [1.82, 2.24) is 0 Å². The summed E-state index contributed by atoms with van der Waals surface area (Å²) in [6, 6.07) is 5.61. The smallest absolute Gasteiger partial charge is 0.259 e. The second-order valence-electron chi connectivity index (χ2n) is 3.86. The molecule has 0 fully saturated rings. The minimum absolute atomic E-state index is 0.00418. The Morgan fingerprint density at radius 1 is 1.20 bits per heavy atom. The molecule has 2 N–H and O–H groups in total. The van der Waals surface area contributed by atoms with E-state index in [0.717, 1.165) is 6.07 Å². The summed E-state index contributed by atoms with van der Waals surface area (Å²) in [5.74, 6) is -2.78. The molecule has 0 spiro atoms. The summed E-state index contributed by atoms with van der Waals surface area (Å²) in [7, 11) is 0. The molecule has 104 valence electrons. The summed E-state index contributed by atoms with van der Waals surface area (Å²) in [6.45, 7) is 0. The SMILES string of the molecule is O=C(Nc1cc(Br)c(F)cc1F)c1cc(Cl)ccc1O. The highest BCUT2D eigenvalue weighted by atomic mass is 79.9. The fourth-order valence-corrected chi connectivity index (χ4v) is 2.01. The zero-order valence-corrected chi connectivity index (χ0v) is 12.1. The van der Waals surface area contributed by atoms with Gasteiger partial charge in [-0.15, -0.1) is 0 Å². The monoisotopic (exact) mass is 361 g/mol. The lowest BCUT2D eigenvalue weighted by molar-refractivity contribution is 0.102. The predicted molar refractivity (Wildman–Crippen MR) is 75.1 cm³/mol. The number of amides is 1. The Hall–Kier alpha value is -1.66. The average Bonchev–Trinajstić information content (AvgIpc) is 2.38. The lowest BCUT2D eigenvalue weighted by Crippen LogP contribution is -2.13. The summed E-state index contributed by atoms with van der Waals surface area (Å²) < 4.78 is 26.6. The molecule has 0 aromatic heterocycles. The molecule has 2 aromatic carbocycles. The van der Waals surface area contributed by atoms with Crippen LogP contribution in [0.1, 0.15) is 10.4 Å². The van der Waals surface area contributed by atoms with Gasteiger partial charge in [0.25, 0.3) is 5.91 Å². The molecule has 2 rings (SSSR count). The molecule has 0 aliphatic heterocycles. The van der Waals surface area contributed by atoms with Gasteiger partial charge in [0.15, 0.2) is 0 Å². The predicted octanol–water partition coefficient (Wildman–Crippen LogP) is 4.34. The van der Waals surface area contributed by atoms with E-state index in [9.17, 15) is 18.7 Å². The van der Waals surface area contributed by atoms with E-state index >= 15 is 0 Å². The minimum Gasteiger partial charge on any atom is -0.507 e. The second kappa shape index (κ2) is 5.76. The Morgan fingerprint density at radius 2 is 1.90 bits per heavy atom. The number of anilines is 1. The Kier molecular flexibility index (Phi) is 4.25. The average molecular weight is 363 g/mol. The number of hydrogen-bond acceptors (Lipinski definition) is 2. The fraction of sp³-hybridized carbons (Fsp3) is 0. The molecule has 0 heterocycles. The zero-order valence-electron chi connectivity index (χ0n) is 9.75. The third-order valence-electron chi connectivity index (χ3n) is 2.46. The van der Waals surface area contributed by atoms with Gasteiger partial charge in [-0.3, -0.25) is 4.79 Å². The number of nitrogens with one attached hydrogen (secondary N) is 1. The molecule has 0 unspecified atom stereocenters. The van der Waals surface area contributed by atoms with Crippen LogP contribution in [0, 0.1) is 11.6 Å². The molecule has 0 saturated carbocycles. The number of benzene rings is 2. The van der Waals surface area contributed by atoms with Gasteiger partial charge in [-0.2, -0.15) is 0 Å². The third-order valence-corrected chi connectivity index (χ3v) is 3.30. The number of hydrogen-bond donors (Lipinski definition) is 2. The van der Waals surface area contributed by atoms with Crippen molar-refractivity contribution in [2.24, 2.45) is 0 Å². The van der Waals surface area contributed by atoms with Crippen LogP contribution in [0.2, 0.25) is 5.02 Å². The molecule has 3 nitrogen and oxygen atoms in total. The first-order chi connectivity index (χ1) is 9.38. The molecule has 0 aliphatic rings. The van der Waals surface area contributed by atoms with Gasteiger partial charge in [-0.1, -0.05) is 11.6 Å². The van der Waals surface area contributed by atoms with E-state index in [2.05, 4.69) is 21.2 Å². The molecule has 20 heavy (non-hydrogen) atoms. The van der Waals surface area contributed by atoms with Gasteiger partial charge in [0.2, 0.25) is 0 Å². The van der Waals surface area contributed by atoms with Crippen LogP contribution in [0.15, 0.2) is 34.8 Å². The number of phenols is 1. The van der Waals surface area contributed by atoms with E-state index in [0.29, 0.717) is 6.07 Å². The largest absolute Gasteiger partial charge is 0.507 e. The topological polar surface area (TPSA) is 49.3 Å². The van der Waals surface area contributed by atoms with Gasteiger partial charge >= 0.3 is 0 Å². The maximum Gasteiger partial charge on any atom is 0.259 e. The zero-order chi connectivity index (χ0) is 14.9. The maximum absolute atomic E-state index is 13.5. The molecule has 2 aromatic rings. The van der Waals surface area contributed by atoms with Crippen molar-refractivity contribution in [2.75, 3.05) is 5.32 Å². The summed E-state index contributed by atoms with van der Waals surface area (Å²) in [4.78, 5) is 11.9. The number of rotatable bonds is 2. The lowest BCUT2D eigenvalue weighted by Gasteiger charge is -2.09. The van der Waals surface area contributed by atoms with Gasteiger partial charge in [0.1, 0.15) is 17.4 Å². The number of aromatic hydroxyl groups is 1. The molecule has 7 heteroatoms. The van der Waals surface area contributed by atoms with Gasteiger partial charge < -0.3 is 10.4 Å². The van der Waals surface area contributed by atoms with Crippen LogP contribution in [0.5, 0.6) is 5.75 Å². The lowest BCUT2D eigenvalue weighted by atomic mass is 10.2. The quantitative estimate of drug-likeness (QED) is 0.781. The van der Waals surface area contributed by atoms with Gasteiger partial charge in [0.05, 0.1) is 15.7 Å². The number of carbonyl (C=O) groups is 1. The van der Waals surface area contributed by atoms with Gasteiger partial charge in [-0.05, 0) is 40.2 Å². The molecular weight excluding hydrogens is 356 g/mol. The van der Waals surface area contributed by atoms with Crippen LogP contribution in [-0.4, -0.2) is 11.0 Å². The Balaban J connectivity index is 2.32. The molecule has 0 atom stereocenters. The standard InChI is InChI=1S/C13H7BrClF2NO2/c14-8-4-11(10(17)5-9(8)16)18-13(20)7-3-6(15)1-2-12(7)19/h1-5,19H,(H,18,20). The third kappa shape index (κ3) is 3.08. The molecule has 0 radical (unpaired) electrons. The van der Waals surface area contributed by atoms with E-state index in [4.69, 9.17) is 11.6 Å². The van der Waals surface area contributed by atoms with E-state index in [1.807, 2.05) is 0 Å². The molecule has 0 bridgehead atoms. The van der Waals surface area contributed by atoms with Crippen molar-refractivity contribution < 1.29 is 18.7 Å². The van der Waals surface area contributed by atoms with Crippen LogP contribution >= 0.6 is 27.5 Å². The van der Waals surface area contributed by atoms with Crippen molar-refractivity contribution in [2.45, 2.75) is 0 Å². The highest BCUT2D eigenvalue weighted by Gasteiger charge is 2.15. The summed E-state index contributed by atoms with van der Waals surface area (Å²) in [5, 5.41) is 12.0. The van der Waals surface area contributed by atoms with Crippen LogP contribution in [0.25, 0.3) is 0 Å². The van der Waals surface area contributed by atoms with Crippen molar-refractivity contribution in [3.63, 3.8) is 0 Å². The van der Waals surface area contributed by atoms with Crippen LogP contribution in [0.3, 0.4) is 0 Å². The van der Waals surface area contributed by atoms with Crippen molar-refractivity contribution in [1.29, 1.82) is 0 Å². The van der Waals surface area contributed by atoms with E-state index in [-0.39, 0.29) is 26.5 Å². The molecular formula is C13H7BrClF2NO2. The maximum atomic E-state index is 13.5. The van der Waals surface area contributed by atoms with Crippen molar-refractivity contribution >= 4 is 39.1 Å². The first-order valence-corrected chi connectivity index (χ1v) is 6.50. The van der Waals surface area contributed by atoms with Gasteiger partial charge in [0, 0.05) is 11.1 Å². The Labute approximate surface area is 126 Å². The minimum atomic E-state index is -0.930. The summed E-state index contributed by atoms with van der Waals surface area (Å²) in [5.41, 5.74) is -0.333. The van der Waals surface area contributed by atoms with Gasteiger partial charge in [-0.25, -0.2) is 8.78 Å². The first kappa shape index (κ1) is 14.7. The van der Waals surface area contributed by atoms with Crippen LogP contribution in [-0.2, 0) is 0 Å².